The standard InChI is InChI=1S/C19H17ClN4O4S/c1-27-18-11-17(22-19(23-18)28-2)24-29(25,26)16-8-6-15(7-9-16)21-12-13-4-3-5-14(20)10-13/h3-12H,1-2H3,(H,22,23,24). The number of rotatable bonds is 7. The van der Waals surface area contributed by atoms with Crippen LogP contribution in [0.15, 0.2) is 64.5 Å². The summed E-state index contributed by atoms with van der Waals surface area (Å²) in [5, 5.41) is 0.611. The fourth-order valence-corrected chi connectivity index (χ4v) is 3.49. The average Bonchev–Trinajstić information content (AvgIpc) is 2.72. The van der Waals surface area contributed by atoms with Crippen molar-refractivity contribution in [2.75, 3.05) is 18.9 Å². The lowest BCUT2D eigenvalue weighted by molar-refractivity contribution is 0.353. The number of ether oxygens (including phenoxy) is 2. The fourth-order valence-electron chi connectivity index (χ4n) is 2.30. The summed E-state index contributed by atoms with van der Waals surface area (Å²) in [5.74, 6) is 0.192. The number of benzene rings is 2. The number of aromatic nitrogens is 2. The molecule has 1 heterocycles. The Bertz CT molecular complexity index is 1110. The van der Waals surface area contributed by atoms with E-state index < -0.39 is 10.0 Å². The van der Waals surface area contributed by atoms with Gasteiger partial charge in [-0.15, -0.1) is 0 Å². The highest BCUT2D eigenvalue weighted by Gasteiger charge is 2.16. The summed E-state index contributed by atoms with van der Waals surface area (Å²) < 4.78 is 37.6. The molecule has 0 radical (unpaired) electrons. The van der Waals surface area contributed by atoms with Crippen LogP contribution in [0.5, 0.6) is 11.9 Å². The van der Waals surface area contributed by atoms with Gasteiger partial charge in [0.2, 0.25) is 5.88 Å². The number of halogens is 1. The van der Waals surface area contributed by atoms with Crippen molar-refractivity contribution in [2.45, 2.75) is 4.90 Å². The van der Waals surface area contributed by atoms with E-state index in [0.29, 0.717) is 10.7 Å². The summed E-state index contributed by atoms with van der Waals surface area (Å²) in [5.41, 5.74) is 1.43. The second-order valence-corrected chi connectivity index (χ2v) is 7.81. The molecule has 3 aromatic rings. The lowest BCUT2D eigenvalue weighted by Gasteiger charge is -2.09. The molecule has 0 atom stereocenters. The van der Waals surface area contributed by atoms with E-state index >= 15 is 0 Å². The molecule has 0 bridgehead atoms. The molecule has 3 rings (SSSR count). The van der Waals surface area contributed by atoms with Crippen molar-refractivity contribution in [3.8, 4) is 11.9 Å². The second-order valence-electron chi connectivity index (χ2n) is 5.69. The number of methoxy groups -OCH3 is 2. The van der Waals surface area contributed by atoms with E-state index in [1.807, 2.05) is 12.1 Å². The molecule has 0 aliphatic heterocycles. The minimum Gasteiger partial charge on any atom is -0.481 e. The lowest BCUT2D eigenvalue weighted by Crippen LogP contribution is -2.14. The third-order valence-corrected chi connectivity index (χ3v) is 5.28. The molecule has 10 heteroatoms. The van der Waals surface area contributed by atoms with E-state index in [2.05, 4.69) is 19.7 Å². The molecule has 1 N–H and O–H groups in total. The van der Waals surface area contributed by atoms with E-state index in [0.717, 1.165) is 5.56 Å². The van der Waals surface area contributed by atoms with Gasteiger partial charge in [-0.25, -0.2) is 8.42 Å². The zero-order valence-electron chi connectivity index (χ0n) is 15.5. The molecule has 1 aromatic heterocycles. The van der Waals surface area contributed by atoms with Crippen molar-refractivity contribution in [2.24, 2.45) is 4.99 Å². The summed E-state index contributed by atoms with van der Waals surface area (Å²) in [4.78, 5) is 12.3. The van der Waals surface area contributed by atoms with Crippen LogP contribution < -0.4 is 14.2 Å². The smallest absolute Gasteiger partial charge is 0.321 e. The number of aliphatic imine (C=N–C) groups is 1. The van der Waals surface area contributed by atoms with E-state index in [4.69, 9.17) is 21.1 Å². The van der Waals surface area contributed by atoms with E-state index in [1.54, 1.807) is 30.5 Å². The van der Waals surface area contributed by atoms with Crippen LogP contribution in [0.4, 0.5) is 11.5 Å². The quantitative estimate of drug-likeness (QED) is 0.571. The first-order valence-electron chi connectivity index (χ1n) is 8.29. The second kappa shape index (κ2) is 8.89. The Morgan fingerprint density at radius 2 is 1.79 bits per heavy atom. The number of hydrogen-bond acceptors (Lipinski definition) is 7. The molecule has 0 aliphatic rings. The summed E-state index contributed by atoms with van der Waals surface area (Å²) in [6, 6.07) is 14.6. The number of sulfonamides is 1. The number of hydrogen-bond donors (Lipinski definition) is 1. The highest BCUT2D eigenvalue weighted by atomic mass is 35.5. The molecule has 0 saturated heterocycles. The van der Waals surface area contributed by atoms with Crippen LogP contribution in [-0.2, 0) is 10.0 Å². The van der Waals surface area contributed by atoms with Crippen molar-refractivity contribution < 1.29 is 17.9 Å². The van der Waals surface area contributed by atoms with Crippen LogP contribution in [0.2, 0.25) is 5.02 Å². The Kier molecular flexibility index (Phi) is 6.30. The predicted molar refractivity (Wildman–Crippen MR) is 111 cm³/mol. The lowest BCUT2D eigenvalue weighted by atomic mass is 10.2. The zero-order chi connectivity index (χ0) is 20.9. The van der Waals surface area contributed by atoms with Crippen LogP contribution in [0.25, 0.3) is 0 Å². The third-order valence-electron chi connectivity index (χ3n) is 3.67. The Hall–Kier alpha value is -3.17. The molecule has 0 saturated carbocycles. The van der Waals surface area contributed by atoms with Gasteiger partial charge >= 0.3 is 6.01 Å². The minimum atomic E-state index is -3.87. The third kappa shape index (κ3) is 5.43. The molecule has 0 aliphatic carbocycles. The largest absolute Gasteiger partial charge is 0.481 e. The van der Waals surface area contributed by atoms with Gasteiger partial charge in [0.25, 0.3) is 10.0 Å². The summed E-state index contributed by atoms with van der Waals surface area (Å²) in [7, 11) is -1.10. The van der Waals surface area contributed by atoms with Gasteiger partial charge in [0.15, 0.2) is 5.82 Å². The van der Waals surface area contributed by atoms with Crippen molar-refractivity contribution in [1.29, 1.82) is 0 Å². The van der Waals surface area contributed by atoms with E-state index in [-0.39, 0.29) is 22.6 Å². The number of anilines is 1. The van der Waals surface area contributed by atoms with Gasteiger partial charge in [0, 0.05) is 17.3 Å². The fraction of sp³-hybridized carbons (Fsp3) is 0.105. The summed E-state index contributed by atoms with van der Waals surface area (Å²) in [6.07, 6.45) is 1.65. The van der Waals surface area contributed by atoms with Crippen LogP contribution >= 0.6 is 11.6 Å². The maximum absolute atomic E-state index is 12.6. The van der Waals surface area contributed by atoms with Gasteiger partial charge in [-0.2, -0.15) is 9.97 Å². The monoisotopic (exact) mass is 432 g/mol. The molecule has 150 valence electrons. The SMILES string of the molecule is COc1cc(NS(=O)(=O)c2ccc(N=Cc3cccc(Cl)c3)cc2)nc(OC)n1. The van der Waals surface area contributed by atoms with Gasteiger partial charge in [0.05, 0.1) is 24.8 Å². The minimum absolute atomic E-state index is 0.0206. The molecule has 2 aromatic carbocycles. The van der Waals surface area contributed by atoms with E-state index in [9.17, 15) is 8.42 Å². The van der Waals surface area contributed by atoms with Gasteiger partial charge in [-0.05, 0) is 42.0 Å². The molecular weight excluding hydrogens is 416 g/mol. The van der Waals surface area contributed by atoms with Crippen LogP contribution in [0, 0.1) is 0 Å². The highest BCUT2D eigenvalue weighted by molar-refractivity contribution is 7.92. The van der Waals surface area contributed by atoms with Gasteiger partial charge in [0.1, 0.15) is 0 Å². The molecule has 0 amide bonds. The van der Waals surface area contributed by atoms with Crippen molar-refractivity contribution in [3.63, 3.8) is 0 Å². The summed E-state index contributed by atoms with van der Waals surface area (Å²) in [6.45, 7) is 0. The maximum Gasteiger partial charge on any atom is 0.321 e. The Balaban J connectivity index is 1.78. The molecule has 0 spiro atoms. The van der Waals surface area contributed by atoms with E-state index in [1.165, 1.54) is 32.4 Å². The van der Waals surface area contributed by atoms with Crippen molar-refractivity contribution in [3.05, 3.63) is 65.2 Å². The normalized spacial score (nSPS) is 11.4. The molecule has 8 nitrogen and oxygen atoms in total. The van der Waals surface area contributed by atoms with Crippen LogP contribution in [0.3, 0.4) is 0 Å². The summed E-state index contributed by atoms with van der Waals surface area (Å²) >= 11 is 5.94. The van der Waals surface area contributed by atoms with Gasteiger partial charge < -0.3 is 9.47 Å². The topological polar surface area (TPSA) is 103 Å². The maximum atomic E-state index is 12.6. The molecule has 29 heavy (non-hydrogen) atoms. The Morgan fingerprint density at radius 1 is 1.03 bits per heavy atom. The van der Waals surface area contributed by atoms with Gasteiger partial charge in [-0.1, -0.05) is 23.7 Å². The van der Waals surface area contributed by atoms with Crippen molar-refractivity contribution in [1.82, 2.24) is 9.97 Å². The molecule has 0 unspecified atom stereocenters. The van der Waals surface area contributed by atoms with Crippen LogP contribution in [-0.4, -0.2) is 38.8 Å². The number of nitrogens with one attached hydrogen (secondary N) is 1. The number of nitrogens with zero attached hydrogens (tertiary/aromatic N) is 3. The first-order valence-corrected chi connectivity index (χ1v) is 10.2. The zero-order valence-corrected chi connectivity index (χ0v) is 17.1. The molecular formula is C19H17ClN4O4S. The molecule has 0 fully saturated rings. The predicted octanol–water partition coefficient (Wildman–Crippen LogP) is 3.70. The average molecular weight is 433 g/mol. The highest BCUT2D eigenvalue weighted by Crippen LogP contribution is 2.22. The van der Waals surface area contributed by atoms with Crippen LogP contribution in [0.1, 0.15) is 5.56 Å². The first-order chi connectivity index (χ1) is 13.9. The Morgan fingerprint density at radius 3 is 2.45 bits per heavy atom. The van der Waals surface area contributed by atoms with Crippen molar-refractivity contribution >= 4 is 39.3 Å². The Labute approximate surface area is 173 Å². The van der Waals surface area contributed by atoms with Gasteiger partial charge in [-0.3, -0.25) is 9.71 Å². The first kappa shape index (κ1) is 20.6.